The van der Waals surface area contributed by atoms with E-state index in [9.17, 15) is 9.18 Å². The van der Waals surface area contributed by atoms with E-state index in [0.717, 1.165) is 35.0 Å². The summed E-state index contributed by atoms with van der Waals surface area (Å²) in [6.45, 7) is 5.38. The highest BCUT2D eigenvalue weighted by molar-refractivity contribution is 7.99. The molecular weight excluding hydrogens is 469 g/mol. The first-order valence-electron chi connectivity index (χ1n) is 12.1. The van der Waals surface area contributed by atoms with Crippen molar-refractivity contribution in [2.24, 2.45) is 5.41 Å². The van der Waals surface area contributed by atoms with Gasteiger partial charge in [0.2, 0.25) is 0 Å². The zero-order valence-electron chi connectivity index (χ0n) is 20.4. The van der Waals surface area contributed by atoms with Crippen LogP contribution in [0.4, 0.5) is 15.8 Å². The standard InChI is InChI=1S/C27H36FNO3S2/c1-4-6-12-27(13-7-5-2)18-29(22-10-8-21(28)9-11-22)23-15-24(32-3)20(14-25(23)34-19-27)16-33-17-26(30)31/h8-11,14-15H,4-7,12-13,16-19H2,1-3H3,(H,30,31). The Morgan fingerprint density at radius 3 is 2.44 bits per heavy atom. The minimum absolute atomic E-state index is 0.0617. The number of halogens is 1. The molecule has 1 aliphatic heterocycles. The fourth-order valence-electron chi connectivity index (χ4n) is 4.55. The van der Waals surface area contributed by atoms with Crippen molar-refractivity contribution < 1.29 is 19.0 Å². The van der Waals surface area contributed by atoms with E-state index >= 15 is 0 Å². The predicted molar refractivity (Wildman–Crippen MR) is 142 cm³/mol. The third-order valence-corrected chi connectivity index (χ3v) is 8.78. The fraction of sp³-hybridized carbons (Fsp3) is 0.519. The molecule has 0 amide bonds. The first-order chi connectivity index (χ1) is 16.4. The number of aliphatic carboxylic acids is 1. The Bertz CT molecular complexity index is 944. The average Bonchev–Trinajstić information content (AvgIpc) is 2.98. The Hall–Kier alpha value is -1.86. The molecule has 0 saturated heterocycles. The second kappa shape index (κ2) is 12.7. The zero-order chi connectivity index (χ0) is 24.6. The molecule has 1 aliphatic rings. The number of rotatable bonds is 12. The van der Waals surface area contributed by atoms with Crippen molar-refractivity contribution in [3.8, 4) is 5.75 Å². The molecule has 0 bridgehead atoms. The summed E-state index contributed by atoms with van der Waals surface area (Å²) in [6, 6.07) is 11.0. The number of benzene rings is 2. The molecule has 3 rings (SSSR count). The van der Waals surface area contributed by atoms with E-state index in [-0.39, 0.29) is 17.0 Å². The summed E-state index contributed by atoms with van der Waals surface area (Å²) in [5, 5.41) is 9.04. The molecule has 0 unspecified atom stereocenters. The molecule has 7 heteroatoms. The van der Waals surface area contributed by atoms with Gasteiger partial charge in [0.25, 0.3) is 0 Å². The average molecular weight is 506 g/mol. The molecule has 0 spiro atoms. The maximum absolute atomic E-state index is 13.8. The van der Waals surface area contributed by atoms with Gasteiger partial charge in [-0.05, 0) is 48.6 Å². The first-order valence-corrected chi connectivity index (χ1v) is 14.2. The summed E-state index contributed by atoms with van der Waals surface area (Å²) in [6.07, 6.45) is 7.06. The molecule has 1 N–H and O–H groups in total. The molecule has 186 valence electrons. The number of hydrogen-bond donors (Lipinski definition) is 1. The van der Waals surface area contributed by atoms with Crippen molar-refractivity contribution in [1.82, 2.24) is 0 Å². The number of ether oxygens (including phenoxy) is 1. The van der Waals surface area contributed by atoms with Crippen molar-refractivity contribution in [3.05, 3.63) is 47.8 Å². The van der Waals surface area contributed by atoms with E-state index in [4.69, 9.17) is 9.84 Å². The number of carbonyl (C=O) groups is 1. The smallest absolute Gasteiger partial charge is 0.313 e. The van der Waals surface area contributed by atoms with Gasteiger partial charge in [0.15, 0.2) is 0 Å². The number of carboxylic acids is 1. The largest absolute Gasteiger partial charge is 0.496 e. The highest BCUT2D eigenvalue weighted by atomic mass is 32.2. The van der Waals surface area contributed by atoms with Crippen LogP contribution in [0.3, 0.4) is 0 Å². The summed E-state index contributed by atoms with van der Waals surface area (Å²) in [5.74, 6) is 1.39. The van der Waals surface area contributed by atoms with Crippen LogP contribution in [0.25, 0.3) is 0 Å². The molecule has 1 heterocycles. The lowest BCUT2D eigenvalue weighted by atomic mass is 9.79. The van der Waals surface area contributed by atoms with Crippen molar-refractivity contribution in [3.63, 3.8) is 0 Å². The van der Waals surface area contributed by atoms with Crippen molar-refractivity contribution in [1.29, 1.82) is 0 Å². The molecule has 0 fully saturated rings. The summed E-state index contributed by atoms with van der Waals surface area (Å²) in [7, 11) is 1.66. The normalized spacial score (nSPS) is 15.0. The maximum atomic E-state index is 13.8. The van der Waals surface area contributed by atoms with Crippen LogP contribution < -0.4 is 9.64 Å². The van der Waals surface area contributed by atoms with E-state index < -0.39 is 5.97 Å². The molecular formula is C27H36FNO3S2. The van der Waals surface area contributed by atoms with Gasteiger partial charge in [0.05, 0.1) is 18.6 Å². The quantitative estimate of drug-likeness (QED) is 0.318. The highest BCUT2D eigenvalue weighted by Crippen LogP contribution is 2.49. The molecule has 34 heavy (non-hydrogen) atoms. The summed E-state index contributed by atoms with van der Waals surface area (Å²) in [5.41, 5.74) is 3.23. The van der Waals surface area contributed by atoms with Crippen LogP contribution in [0, 0.1) is 11.2 Å². The van der Waals surface area contributed by atoms with Gasteiger partial charge in [-0.3, -0.25) is 4.79 Å². The van der Waals surface area contributed by atoms with Crippen LogP contribution in [0.15, 0.2) is 41.3 Å². The second-order valence-electron chi connectivity index (χ2n) is 9.08. The molecule has 0 aromatic heterocycles. The summed E-state index contributed by atoms with van der Waals surface area (Å²) in [4.78, 5) is 14.5. The number of carboxylic acid groups (broad SMARTS) is 1. The monoisotopic (exact) mass is 505 g/mol. The summed E-state index contributed by atoms with van der Waals surface area (Å²) >= 11 is 3.27. The Balaban J connectivity index is 2.05. The topological polar surface area (TPSA) is 49.8 Å². The Morgan fingerprint density at radius 2 is 1.85 bits per heavy atom. The number of thioether (sulfide) groups is 2. The van der Waals surface area contributed by atoms with Crippen LogP contribution >= 0.6 is 23.5 Å². The molecule has 0 saturated carbocycles. The van der Waals surface area contributed by atoms with E-state index in [2.05, 4.69) is 30.9 Å². The van der Waals surface area contributed by atoms with E-state index in [1.165, 1.54) is 67.3 Å². The highest BCUT2D eigenvalue weighted by Gasteiger charge is 2.36. The minimum Gasteiger partial charge on any atom is -0.496 e. The van der Waals surface area contributed by atoms with Gasteiger partial charge >= 0.3 is 5.97 Å². The number of unbranched alkanes of at least 4 members (excludes halogenated alkanes) is 2. The van der Waals surface area contributed by atoms with E-state index in [0.29, 0.717) is 5.75 Å². The third-order valence-electron chi connectivity index (χ3n) is 6.42. The van der Waals surface area contributed by atoms with Crippen LogP contribution in [-0.4, -0.2) is 36.2 Å². The zero-order valence-corrected chi connectivity index (χ0v) is 22.1. The Labute approximate surface area is 211 Å². The molecule has 2 aromatic carbocycles. The maximum Gasteiger partial charge on any atom is 0.313 e. The number of nitrogens with zero attached hydrogens (tertiary/aromatic N) is 1. The van der Waals surface area contributed by atoms with Crippen LogP contribution in [0.5, 0.6) is 5.75 Å². The van der Waals surface area contributed by atoms with Gasteiger partial charge in [-0.25, -0.2) is 4.39 Å². The van der Waals surface area contributed by atoms with Gasteiger partial charge in [-0.15, -0.1) is 23.5 Å². The van der Waals surface area contributed by atoms with Gasteiger partial charge in [0, 0.05) is 40.3 Å². The first kappa shape index (κ1) is 26.7. The van der Waals surface area contributed by atoms with Crippen LogP contribution in [-0.2, 0) is 10.5 Å². The van der Waals surface area contributed by atoms with Gasteiger partial charge < -0.3 is 14.7 Å². The lowest BCUT2D eigenvalue weighted by Crippen LogP contribution is -2.36. The number of anilines is 2. The SMILES string of the molecule is CCCCC1(CCCC)CSc2cc(CSCC(=O)O)c(OC)cc2N(c2ccc(F)cc2)C1. The molecule has 4 nitrogen and oxygen atoms in total. The molecule has 0 aliphatic carbocycles. The fourth-order valence-corrected chi connectivity index (χ4v) is 6.65. The number of hydrogen-bond acceptors (Lipinski definition) is 5. The lowest BCUT2D eigenvalue weighted by molar-refractivity contribution is -0.133. The Morgan fingerprint density at radius 1 is 1.18 bits per heavy atom. The Kier molecular flexibility index (Phi) is 10.0. The van der Waals surface area contributed by atoms with Gasteiger partial charge in [-0.1, -0.05) is 39.5 Å². The van der Waals surface area contributed by atoms with Crippen LogP contribution in [0.2, 0.25) is 0 Å². The van der Waals surface area contributed by atoms with Crippen molar-refractivity contribution >= 4 is 40.9 Å². The second-order valence-corrected chi connectivity index (χ2v) is 11.1. The molecule has 2 aromatic rings. The van der Waals surface area contributed by atoms with E-state index in [1.807, 2.05) is 23.9 Å². The molecule has 0 atom stereocenters. The predicted octanol–water partition coefficient (Wildman–Crippen LogP) is 7.76. The molecule has 0 radical (unpaired) electrons. The van der Waals surface area contributed by atoms with Crippen LogP contribution in [0.1, 0.15) is 57.9 Å². The van der Waals surface area contributed by atoms with Crippen molar-refractivity contribution in [2.45, 2.75) is 63.0 Å². The number of fused-ring (bicyclic) bond motifs is 1. The summed E-state index contributed by atoms with van der Waals surface area (Å²) < 4.78 is 19.5. The minimum atomic E-state index is -0.813. The third kappa shape index (κ3) is 6.85. The number of methoxy groups -OCH3 is 1. The van der Waals surface area contributed by atoms with Crippen molar-refractivity contribution in [2.75, 3.05) is 30.1 Å². The van der Waals surface area contributed by atoms with Gasteiger partial charge in [-0.2, -0.15) is 0 Å². The van der Waals surface area contributed by atoms with Gasteiger partial charge in [0.1, 0.15) is 11.6 Å². The van der Waals surface area contributed by atoms with E-state index in [1.54, 1.807) is 7.11 Å². The lowest BCUT2D eigenvalue weighted by Gasteiger charge is -2.37.